The summed E-state index contributed by atoms with van der Waals surface area (Å²) in [7, 11) is -4.45. The van der Waals surface area contributed by atoms with Crippen molar-refractivity contribution in [2.45, 2.75) is 36.0 Å². The summed E-state index contributed by atoms with van der Waals surface area (Å²) >= 11 is 0. The Balaban J connectivity index is 0.000000575. The maximum absolute atomic E-state index is 12.4. The van der Waals surface area contributed by atoms with Crippen LogP contribution in [-0.2, 0) is 40.9 Å². The van der Waals surface area contributed by atoms with Gasteiger partial charge in [0.1, 0.15) is 0 Å². The van der Waals surface area contributed by atoms with E-state index in [1.165, 1.54) is 11.6 Å². The van der Waals surface area contributed by atoms with Crippen molar-refractivity contribution in [3.8, 4) is 11.1 Å². The number of benzene rings is 4. The van der Waals surface area contributed by atoms with E-state index in [9.17, 15) is 16.8 Å². The summed E-state index contributed by atoms with van der Waals surface area (Å²) in [5.41, 5.74) is 5.85. The van der Waals surface area contributed by atoms with E-state index in [2.05, 4.69) is 37.9 Å². The van der Waals surface area contributed by atoms with E-state index in [-0.39, 0.29) is 9.79 Å². The zero-order chi connectivity index (χ0) is 30.0. The lowest BCUT2D eigenvalue weighted by Gasteiger charge is -2.17. The largest absolute Gasteiger partial charge is 0.296 e. The Bertz CT molecular complexity index is 1670. The fraction of sp³-hybridized carbons (Fsp3) is 0.226. The molecule has 0 aliphatic rings. The standard InChI is InChI=1S/C24H28O6P2S2.C7H8/c1-17-6-5-7-20(12-17)32-16-19-13-21(33(25,26)29-2)10-11-23(19)24-14-22(34(27,28)30-3)9-8-18(24)15-31-4;1-7-5-3-2-4-6-7/h5-14,31-32H,15-16H2,1-4H3;2-6H,1H3. The van der Waals surface area contributed by atoms with E-state index < -0.39 is 20.2 Å². The highest BCUT2D eigenvalue weighted by atomic mass is 32.2. The Hall–Kier alpha value is -2.44. The first-order chi connectivity index (χ1) is 19.5. The van der Waals surface area contributed by atoms with Crippen molar-refractivity contribution < 1.29 is 25.2 Å². The summed E-state index contributed by atoms with van der Waals surface area (Å²) in [6.07, 6.45) is 1.38. The van der Waals surface area contributed by atoms with Crippen LogP contribution in [0.1, 0.15) is 22.3 Å². The highest BCUT2D eigenvalue weighted by molar-refractivity contribution is 7.87. The lowest BCUT2D eigenvalue weighted by molar-refractivity contribution is 0.397. The monoisotopic (exact) mass is 630 g/mol. The molecule has 4 aromatic rings. The molecular formula is C31H36O6P2S2. The molecule has 0 N–H and O–H groups in total. The van der Waals surface area contributed by atoms with Crippen LogP contribution >= 0.6 is 17.2 Å². The molecule has 0 saturated heterocycles. The van der Waals surface area contributed by atoms with Crippen LogP contribution in [0.4, 0.5) is 0 Å². The number of aryl methyl sites for hydroxylation is 2. The van der Waals surface area contributed by atoms with Gasteiger partial charge in [-0.3, -0.25) is 8.37 Å². The Kier molecular flexibility index (Phi) is 12.2. The van der Waals surface area contributed by atoms with Gasteiger partial charge in [0, 0.05) is 0 Å². The Labute approximate surface area is 248 Å². The van der Waals surface area contributed by atoms with Crippen molar-refractivity contribution in [1.29, 1.82) is 0 Å². The van der Waals surface area contributed by atoms with Crippen LogP contribution in [-0.4, -0.2) is 37.7 Å². The summed E-state index contributed by atoms with van der Waals surface area (Å²) in [5, 5.41) is 1.16. The number of hydrogen-bond acceptors (Lipinski definition) is 6. The smallest absolute Gasteiger partial charge is 0.270 e. The Morgan fingerprint density at radius 3 is 1.78 bits per heavy atom. The van der Waals surface area contributed by atoms with Crippen molar-refractivity contribution in [2.24, 2.45) is 0 Å². The molecular weight excluding hydrogens is 594 g/mol. The Morgan fingerprint density at radius 1 is 0.610 bits per heavy atom. The van der Waals surface area contributed by atoms with Crippen LogP contribution in [0.25, 0.3) is 11.1 Å². The number of hydrogen-bond donors (Lipinski definition) is 0. The number of rotatable bonds is 10. The predicted molar refractivity (Wildman–Crippen MR) is 172 cm³/mol. The van der Waals surface area contributed by atoms with E-state index in [4.69, 9.17) is 8.37 Å². The molecule has 0 fully saturated rings. The molecule has 0 aromatic heterocycles. The highest BCUT2D eigenvalue weighted by Gasteiger charge is 2.20. The average molecular weight is 631 g/mol. The second-order valence-electron chi connectivity index (χ2n) is 9.29. The first-order valence-corrected chi connectivity index (χ1v) is 18.6. The minimum absolute atomic E-state index is 0.0638. The molecule has 0 heterocycles. The van der Waals surface area contributed by atoms with Gasteiger partial charge < -0.3 is 0 Å². The van der Waals surface area contributed by atoms with Gasteiger partial charge >= 0.3 is 0 Å². The van der Waals surface area contributed by atoms with Crippen molar-refractivity contribution in [2.75, 3.05) is 20.9 Å². The second kappa shape index (κ2) is 15.2. The van der Waals surface area contributed by atoms with E-state index >= 15 is 0 Å². The first-order valence-electron chi connectivity index (χ1n) is 12.8. The zero-order valence-corrected chi connectivity index (χ0v) is 27.5. The normalized spacial score (nSPS) is 12.1. The zero-order valence-electron chi connectivity index (χ0n) is 23.8. The fourth-order valence-electron chi connectivity index (χ4n) is 4.12. The molecule has 4 rings (SSSR count). The molecule has 0 aliphatic heterocycles. The third-order valence-electron chi connectivity index (χ3n) is 6.27. The van der Waals surface area contributed by atoms with Gasteiger partial charge in [-0.2, -0.15) is 16.8 Å². The van der Waals surface area contributed by atoms with Crippen molar-refractivity contribution in [1.82, 2.24) is 0 Å². The van der Waals surface area contributed by atoms with Gasteiger partial charge in [0.05, 0.1) is 24.0 Å². The van der Waals surface area contributed by atoms with Crippen molar-refractivity contribution in [3.05, 3.63) is 113 Å². The quantitative estimate of drug-likeness (QED) is 0.144. The van der Waals surface area contributed by atoms with Crippen LogP contribution in [0.2, 0.25) is 0 Å². The van der Waals surface area contributed by atoms with Gasteiger partial charge in [-0.05, 0) is 84.7 Å². The SMILES string of the molecule is COS(=O)(=O)c1ccc(-c2cc(S(=O)(=O)OC)ccc2CPC)c(CPc2cccc(C)c2)c1.Cc1ccccc1. The first kappa shape index (κ1) is 33.1. The molecule has 0 amide bonds. The van der Waals surface area contributed by atoms with E-state index in [0.717, 1.165) is 53.5 Å². The van der Waals surface area contributed by atoms with Crippen LogP contribution in [0, 0.1) is 13.8 Å². The summed E-state index contributed by atoms with van der Waals surface area (Å²) in [6, 6.07) is 28.3. The molecule has 0 radical (unpaired) electrons. The molecule has 4 aromatic carbocycles. The summed E-state index contributed by atoms with van der Waals surface area (Å²) in [4.78, 5) is 0.135. The third-order valence-corrected chi connectivity index (χ3v) is 10.8. The molecule has 6 nitrogen and oxygen atoms in total. The van der Waals surface area contributed by atoms with Crippen molar-refractivity contribution in [3.63, 3.8) is 0 Å². The molecule has 0 bridgehead atoms. The minimum Gasteiger partial charge on any atom is -0.270 e. The topological polar surface area (TPSA) is 86.7 Å². The molecule has 0 saturated carbocycles. The molecule has 0 spiro atoms. The summed E-state index contributed by atoms with van der Waals surface area (Å²) in [6.45, 7) is 6.20. The maximum atomic E-state index is 12.4. The summed E-state index contributed by atoms with van der Waals surface area (Å²) in [5.74, 6) is 0. The fourth-order valence-corrected chi connectivity index (χ4v) is 7.44. The van der Waals surface area contributed by atoms with Gasteiger partial charge in [-0.15, -0.1) is 8.58 Å². The third kappa shape index (κ3) is 9.27. The summed E-state index contributed by atoms with van der Waals surface area (Å²) < 4.78 is 59.0. The average Bonchev–Trinajstić information content (AvgIpc) is 2.97. The predicted octanol–water partition coefficient (Wildman–Crippen LogP) is 6.64. The van der Waals surface area contributed by atoms with Crippen LogP contribution in [0.5, 0.6) is 0 Å². The Morgan fingerprint density at radius 2 is 1.22 bits per heavy atom. The van der Waals surface area contributed by atoms with Crippen LogP contribution in [0.3, 0.4) is 0 Å². The second-order valence-corrected chi connectivity index (χ2v) is 15.1. The molecule has 0 aliphatic carbocycles. The lowest BCUT2D eigenvalue weighted by atomic mass is 9.96. The van der Waals surface area contributed by atoms with Gasteiger partial charge in [0.2, 0.25) is 0 Å². The van der Waals surface area contributed by atoms with Crippen LogP contribution in [0.15, 0.2) is 101 Å². The van der Waals surface area contributed by atoms with Gasteiger partial charge in [0.15, 0.2) is 0 Å². The molecule has 10 heteroatoms. The molecule has 2 atom stereocenters. The molecule has 2 unspecified atom stereocenters. The maximum Gasteiger partial charge on any atom is 0.296 e. The van der Waals surface area contributed by atoms with Gasteiger partial charge in [-0.25, -0.2) is 0 Å². The van der Waals surface area contributed by atoms with Crippen molar-refractivity contribution >= 4 is 42.7 Å². The van der Waals surface area contributed by atoms with Gasteiger partial charge in [-0.1, -0.05) is 86.4 Å². The van der Waals surface area contributed by atoms with E-state index in [1.54, 1.807) is 24.3 Å². The molecule has 41 heavy (non-hydrogen) atoms. The molecule has 218 valence electrons. The lowest BCUT2D eigenvalue weighted by Crippen LogP contribution is -2.06. The van der Waals surface area contributed by atoms with Gasteiger partial charge in [0.25, 0.3) is 20.2 Å². The highest BCUT2D eigenvalue weighted by Crippen LogP contribution is 2.36. The van der Waals surface area contributed by atoms with E-state index in [0.29, 0.717) is 23.3 Å². The minimum atomic E-state index is -3.88. The van der Waals surface area contributed by atoms with Crippen LogP contribution < -0.4 is 5.30 Å². The van der Waals surface area contributed by atoms with E-state index in [1.807, 2.05) is 43.3 Å².